The summed E-state index contributed by atoms with van der Waals surface area (Å²) in [6.45, 7) is 2.64. The highest BCUT2D eigenvalue weighted by Crippen LogP contribution is 2.22. The lowest BCUT2D eigenvalue weighted by molar-refractivity contribution is -0.117. The Kier molecular flexibility index (Phi) is 4.16. The lowest BCUT2D eigenvalue weighted by atomic mass is 10.1. The van der Waals surface area contributed by atoms with E-state index in [1.165, 1.54) is 0 Å². The second kappa shape index (κ2) is 6.63. The van der Waals surface area contributed by atoms with E-state index in [1.807, 2.05) is 43.3 Å². The summed E-state index contributed by atoms with van der Waals surface area (Å²) >= 11 is 0. The average Bonchev–Trinajstić information content (AvgIpc) is 3.27. The molecule has 0 spiro atoms. The van der Waals surface area contributed by atoms with Crippen molar-refractivity contribution in [3.8, 4) is 0 Å². The predicted molar refractivity (Wildman–Crippen MR) is 100 cm³/mol. The van der Waals surface area contributed by atoms with E-state index in [0.29, 0.717) is 12.0 Å². The van der Waals surface area contributed by atoms with Gasteiger partial charge in [0.1, 0.15) is 5.82 Å². The van der Waals surface area contributed by atoms with Crippen LogP contribution in [0.5, 0.6) is 0 Å². The topological polar surface area (TPSA) is 78.1 Å². The molecule has 26 heavy (non-hydrogen) atoms. The fourth-order valence-electron chi connectivity index (χ4n) is 3.24. The number of nitrogens with one attached hydrogen (secondary N) is 2. The quantitative estimate of drug-likeness (QED) is 0.760. The molecule has 132 valence electrons. The van der Waals surface area contributed by atoms with Crippen LogP contribution in [0.3, 0.4) is 0 Å². The van der Waals surface area contributed by atoms with Crippen LogP contribution in [0.25, 0.3) is 11.0 Å². The first kappa shape index (κ1) is 16.3. The second-order valence-corrected chi connectivity index (χ2v) is 6.53. The molecule has 0 aliphatic carbocycles. The minimum atomic E-state index is -0.241. The Morgan fingerprint density at radius 3 is 2.65 bits per heavy atom. The third-order valence-corrected chi connectivity index (χ3v) is 4.68. The van der Waals surface area contributed by atoms with Crippen LogP contribution in [0.2, 0.25) is 0 Å². The molecule has 2 amide bonds. The van der Waals surface area contributed by atoms with E-state index in [-0.39, 0.29) is 17.9 Å². The number of imidazole rings is 1. The Morgan fingerprint density at radius 1 is 1.19 bits per heavy atom. The van der Waals surface area contributed by atoms with E-state index in [2.05, 4.69) is 15.3 Å². The number of amides is 2. The number of para-hydroxylation sites is 2. The molecule has 1 aliphatic heterocycles. The summed E-state index contributed by atoms with van der Waals surface area (Å²) in [5.41, 5.74) is 3.23. The summed E-state index contributed by atoms with van der Waals surface area (Å²) in [6.07, 6.45) is 1.48. The van der Waals surface area contributed by atoms with E-state index in [4.69, 9.17) is 0 Å². The number of hydrogen-bond donors (Lipinski definition) is 2. The molecular weight excluding hydrogens is 328 g/mol. The van der Waals surface area contributed by atoms with E-state index >= 15 is 0 Å². The number of fused-ring (bicyclic) bond motifs is 1. The Hall–Kier alpha value is -3.15. The number of aromatic amines is 1. The second-order valence-electron chi connectivity index (χ2n) is 6.53. The van der Waals surface area contributed by atoms with E-state index in [0.717, 1.165) is 35.5 Å². The van der Waals surface area contributed by atoms with Gasteiger partial charge in [0.2, 0.25) is 5.91 Å². The summed E-state index contributed by atoms with van der Waals surface area (Å²) in [4.78, 5) is 33.8. The fourth-order valence-corrected chi connectivity index (χ4v) is 3.24. The first-order valence-electron chi connectivity index (χ1n) is 8.78. The largest absolute Gasteiger partial charge is 0.342 e. The Morgan fingerprint density at radius 2 is 1.96 bits per heavy atom. The lowest BCUT2D eigenvalue weighted by Crippen LogP contribution is -2.27. The highest BCUT2D eigenvalue weighted by Gasteiger charge is 2.22. The van der Waals surface area contributed by atoms with Gasteiger partial charge in [0.05, 0.1) is 17.1 Å². The van der Waals surface area contributed by atoms with Crippen molar-refractivity contribution in [1.82, 2.24) is 15.3 Å². The average molecular weight is 348 g/mol. The number of rotatable bonds is 4. The Bertz CT molecular complexity index is 928. The summed E-state index contributed by atoms with van der Waals surface area (Å²) in [5.74, 6) is 0.691. The zero-order valence-corrected chi connectivity index (χ0v) is 14.5. The molecule has 2 aromatic carbocycles. The van der Waals surface area contributed by atoms with Gasteiger partial charge in [0.15, 0.2) is 0 Å². The van der Waals surface area contributed by atoms with Crippen molar-refractivity contribution in [3.05, 3.63) is 59.9 Å². The van der Waals surface area contributed by atoms with E-state index < -0.39 is 0 Å². The molecule has 1 unspecified atom stereocenters. The molecule has 3 aromatic rings. The number of aromatic nitrogens is 2. The van der Waals surface area contributed by atoms with Gasteiger partial charge in [-0.2, -0.15) is 0 Å². The minimum absolute atomic E-state index is 0.140. The van der Waals surface area contributed by atoms with Crippen molar-refractivity contribution in [2.75, 3.05) is 11.4 Å². The molecule has 6 nitrogen and oxygen atoms in total. The van der Waals surface area contributed by atoms with E-state index in [9.17, 15) is 9.59 Å². The molecule has 4 rings (SSSR count). The highest BCUT2D eigenvalue weighted by molar-refractivity contribution is 5.97. The molecule has 0 bridgehead atoms. The van der Waals surface area contributed by atoms with Gasteiger partial charge in [0.25, 0.3) is 5.91 Å². The number of H-pyrrole nitrogens is 1. The molecule has 2 N–H and O–H groups in total. The number of nitrogens with zero attached hydrogens (tertiary/aromatic N) is 2. The molecule has 1 aliphatic rings. The number of hydrogen-bond acceptors (Lipinski definition) is 3. The predicted octanol–water partition coefficient (Wildman–Crippen LogP) is 3.18. The van der Waals surface area contributed by atoms with Gasteiger partial charge in [-0.25, -0.2) is 4.98 Å². The van der Waals surface area contributed by atoms with Crippen molar-refractivity contribution >= 4 is 28.5 Å². The number of benzene rings is 2. The standard InChI is InChI=1S/C20H20N4O2/c1-13(19-22-16-5-2-3-6-17(16)23-19)21-20(26)14-8-10-15(11-9-14)24-12-4-7-18(24)25/h2-3,5-6,8-11,13H,4,7,12H2,1H3,(H,21,26)(H,22,23). The molecular formula is C20H20N4O2. The third kappa shape index (κ3) is 3.06. The Balaban J connectivity index is 1.46. The highest BCUT2D eigenvalue weighted by atomic mass is 16.2. The molecule has 6 heteroatoms. The molecule has 1 atom stereocenters. The van der Waals surface area contributed by atoms with Crippen LogP contribution < -0.4 is 10.2 Å². The maximum atomic E-state index is 12.5. The van der Waals surface area contributed by atoms with Gasteiger partial charge < -0.3 is 15.2 Å². The summed E-state index contributed by atoms with van der Waals surface area (Å²) in [7, 11) is 0. The van der Waals surface area contributed by atoms with Crippen LogP contribution in [-0.4, -0.2) is 28.3 Å². The summed E-state index contributed by atoms with van der Waals surface area (Å²) < 4.78 is 0. The monoisotopic (exact) mass is 348 g/mol. The number of anilines is 1. The fraction of sp³-hybridized carbons (Fsp3) is 0.250. The van der Waals surface area contributed by atoms with Gasteiger partial charge >= 0.3 is 0 Å². The third-order valence-electron chi connectivity index (χ3n) is 4.68. The van der Waals surface area contributed by atoms with Crippen molar-refractivity contribution < 1.29 is 9.59 Å². The van der Waals surface area contributed by atoms with Gasteiger partial charge in [-0.15, -0.1) is 0 Å². The van der Waals surface area contributed by atoms with Crippen LogP contribution in [0.4, 0.5) is 5.69 Å². The van der Waals surface area contributed by atoms with E-state index in [1.54, 1.807) is 17.0 Å². The maximum Gasteiger partial charge on any atom is 0.251 e. The van der Waals surface area contributed by atoms with Crippen molar-refractivity contribution in [3.63, 3.8) is 0 Å². The van der Waals surface area contributed by atoms with Crippen molar-refractivity contribution in [1.29, 1.82) is 0 Å². The smallest absolute Gasteiger partial charge is 0.251 e. The first-order chi connectivity index (χ1) is 12.6. The summed E-state index contributed by atoms with van der Waals surface area (Å²) in [6, 6.07) is 14.7. The number of carbonyl (C=O) groups is 2. The van der Waals surface area contributed by atoms with Crippen molar-refractivity contribution in [2.45, 2.75) is 25.8 Å². The van der Waals surface area contributed by atoms with Crippen LogP contribution in [0, 0.1) is 0 Å². The first-order valence-corrected chi connectivity index (χ1v) is 8.78. The van der Waals surface area contributed by atoms with Crippen molar-refractivity contribution in [2.24, 2.45) is 0 Å². The normalized spacial score (nSPS) is 15.4. The summed E-state index contributed by atoms with van der Waals surface area (Å²) in [5, 5.41) is 2.96. The maximum absolute atomic E-state index is 12.5. The van der Waals surface area contributed by atoms with Gasteiger partial charge in [-0.05, 0) is 49.7 Å². The van der Waals surface area contributed by atoms with Crippen LogP contribution in [-0.2, 0) is 4.79 Å². The molecule has 1 fully saturated rings. The molecule has 1 saturated heterocycles. The van der Waals surface area contributed by atoms with Gasteiger partial charge in [-0.1, -0.05) is 12.1 Å². The molecule has 0 saturated carbocycles. The van der Waals surface area contributed by atoms with Gasteiger partial charge in [0, 0.05) is 24.2 Å². The minimum Gasteiger partial charge on any atom is -0.342 e. The van der Waals surface area contributed by atoms with Gasteiger partial charge in [-0.3, -0.25) is 9.59 Å². The van der Waals surface area contributed by atoms with Crippen LogP contribution in [0.15, 0.2) is 48.5 Å². The van der Waals surface area contributed by atoms with Crippen LogP contribution in [0.1, 0.15) is 42.0 Å². The lowest BCUT2D eigenvalue weighted by Gasteiger charge is -2.16. The SMILES string of the molecule is CC(NC(=O)c1ccc(N2CCCC2=O)cc1)c1nc2ccccc2[nH]1. The molecule has 0 radical (unpaired) electrons. The Labute approximate surface area is 151 Å². The molecule has 2 heterocycles. The van der Waals surface area contributed by atoms with Crippen LogP contribution >= 0.6 is 0 Å². The molecule has 1 aromatic heterocycles. The zero-order valence-electron chi connectivity index (χ0n) is 14.5. The number of carbonyl (C=O) groups excluding carboxylic acids is 2. The zero-order chi connectivity index (χ0) is 18.1.